The Labute approximate surface area is 146 Å². The molecule has 0 radical (unpaired) electrons. The van der Waals surface area contributed by atoms with E-state index in [1.165, 1.54) is 0 Å². The first-order valence-electron chi connectivity index (χ1n) is 8.13. The Morgan fingerprint density at radius 2 is 1.68 bits per heavy atom. The second-order valence-electron chi connectivity index (χ2n) is 5.74. The zero-order valence-electron chi connectivity index (χ0n) is 13.9. The molecule has 1 aromatic heterocycles. The first kappa shape index (κ1) is 15.3. The lowest BCUT2D eigenvalue weighted by Crippen LogP contribution is -1.98. The lowest BCUT2D eigenvalue weighted by Gasteiger charge is -2.12. The van der Waals surface area contributed by atoms with Crippen LogP contribution < -0.4 is 9.47 Å². The summed E-state index contributed by atoms with van der Waals surface area (Å²) in [5.41, 5.74) is 4.03. The topological polar surface area (TPSA) is 47.1 Å². The number of H-pyrrole nitrogens is 1. The molecule has 0 saturated carbocycles. The van der Waals surface area contributed by atoms with Crippen molar-refractivity contribution in [2.75, 3.05) is 7.11 Å². The summed E-state index contributed by atoms with van der Waals surface area (Å²) < 4.78 is 11.4. The van der Waals surface area contributed by atoms with Crippen molar-refractivity contribution in [1.29, 1.82) is 0 Å². The number of ether oxygens (including phenoxy) is 2. The third-order valence-electron chi connectivity index (χ3n) is 4.06. The minimum absolute atomic E-state index is 0.487. The Morgan fingerprint density at radius 3 is 2.48 bits per heavy atom. The third kappa shape index (κ3) is 3.19. The fraction of sp³-hybridized carbons (Fsp3) is 0.0952. The lowest BCUT2D eigenvalue weighted by molar-refractivity contribution is 0.284. The summed E-state index contributed by atoms with van der Waals surface area (Å²) in [4.78, 5) is 7.99. The molecule has 4 nitrogen and oxygen atoms in total. The summed E-state index contributed by atoms with van der Waals surface area (Å²) in [5, 5.41) is 0. The maximum absolute atomic E-state index is 5.98. The van der Waals surface area contributed by atoms with Gasteiger partial charge in [-0.1, -0.05) is 42.5 Å². The zero-order chi connectivity index (χ0) is 17.1. The molecular formula is C21H18N2O2. The van der Waals surface area contributed by atoms with E-state index in [1.54, 1.807) is 7.11 Å². The van der Waals surface area contributed by atoms with Crippen LogP contribution in [0.1, 0.15) is 5.56 Å². The van der Waals surface area contributed by atoms with Crippen LogP contribution in [-0.2, 0) is 6.61 Å². The molecule has 0 unspecified atom stereocenters. The van der Waals surface area contributed by atoms with Crippen LogP contribution in [0.5, 0.6) is 11.5 Å². The molecule has 1 heterocycles. The van der Waals surface area contributed by atoms with E-state index >= 15 is 0 Å². The number of hydrogen-bond acceptors (Lipinski definition) is 3. The number of aromatic nitrogens is 2. The van der Waals surface area contributed by atoms with E-state index in [4.69, 9.17) is 9.47 Å². The second-order valence-corrected chi connectivity index (χ2v) is 5.74. The molecule has 1 N–H and O–H groups in total. The number of imidazole rings is 1. The van der Waals surface area contributed by atoms with Gasteiger partial charge in [-0.3, -0.25) is 0 Å². The van der Waals surface area contributed by atoms with Crippen LogP contribution in [0, 0.1) is 0 Å². The SMILES string of the molecule is COc1ccc(-c2nc3ccccc3[nH]2)cc1OCc1ccccc1. The highest BCUT2D eigenvalue weighted by Crippen LogP contribution is 2.32. The number of para-hydroxylation sites is 2. The molecule has 0 saturated heterocycles. The largest absolute Gasteiger partial charge is 0.493 e. The normalized spacial score (nSPS) is 10.8. The van der Waals surface area contributed by atoms with Crippen LogP contribution in [-0.4, -0.2) is 17.1 Å². The smallest absolute Gasteiger partial charge is 0.162 e. The molecule has 4 aromatic rings. The molecule has 0 aliphatic carbocycles. The minimum atomic E-state index is 0.487. The molecule has 0 aliphatic rings. The van der Waals surface area contributed by atoms with Gasteiger partial charge in [0.2, 0.25) is 0 Å². The fourth-order valence-electron chi connectivity index (χ4n) is 2.76. The van der Waals surface area contributed by atoms with E-state index in [9.17, 15) is 0 Å². The third-order valence-corrected chi connectivity index (χ3v) is 4.06. The Hall–Kier alpha value is -3.27. The number of aromatic amines is 1. The van der Waals surface area contributed by atoms with Crippen molar-refractivity contribution in [2.24, 2.45) is 0 Å². The highest BCUT2D eigenvalue weighted by atomic mass is 16.5. The van der Waals surface area contributed by atoms with Crippen LogP contribution in [0.2, 0.25) is 0 Å². The van der Waals surface area contributed by atoms with E-state index in [0.717, 1.165) is 28.0 Å². The molecule has 0 amide bonds. The maximum atomic E-state index is 5.98. The number of nitrogens with zero attached hydrogens (tertiary/aromatic N) is 1. The van der Waals surface area contributed by atoms with Crippen LogP contribution in [0.25, 0.3) is 22.4 Å². The monoisotopic (exact) mass is 330 g/mol. The van der Waals surface area contributed by atoms with Gasteiger partial charge in [0.25, 0.3) is 0 Å². The summed E-state index contributed by atoms with van der Waals surface area (Å²) in [6.45, 7) is 0.487. The molecule has 4 heteroatoms. The molecule has 4 rings (SSSR count). The number of benzene rings is 3. The van der Waals surface area contributed by atoms with E-state index in [2.05, 4.69) is 9.97 Å². The van der Waals surface area contributed by atoms with Crippen LogP contribution >= 0.6 is 0 Å². The Balaban J connectivity index is 1.65. The van der Waals surface area contributed by atoms with Gasteiger partial charge in [-0.2, -0.15) is 0 Å². The van der Waals surface area contributed by atoms with Gasteiger partial charge in [-0.05, 0) is 35.9 Å². The molecular weight excluding hydrogens is 312 g/mol. The lowest BCUT2D eigenvalue weighted by atomic mass is 10.2. The molecule has 3 aromatic carbocycles. The van der Waals surface area contributed by atoms with E-state index < -0.39 is 0 Å². The Kier molecular flexibility index (Phi) is 4.09. The molecule has 0 atom stereocenters. The number of rotatable bonds is 5. The van der Waals surface area contributed by atoms with Crippen molar-refractivity contribution in [2.45, 2.75) is 6.61 Å². The summed E-state index contributed by atoms with van der Waals surface area (Å²) in [7, 11) is 1.64. The van der Waals surface area contributed by atoms with Gasteiger partial charge in [0.1, 0.15) is 12.4 Å². The maximum Gasteiger partial charge on any atom is 0.162 e. The van der Waals surface area contributed by atoms with Gasteiger partial charge in [-0.25, -0.2) is 4.98 Å². The minimum Gasteiger partial charge on any atom is -0.493 e. The molecule has 0 spiro atoms. The number of fused-ring (bicyclic) bond motifs is 1. The second kappa shape index (κ2) is 6.69. The van der Waals surface area contributed by atoms with Crippen LogP contribution in [0.15, 0.2) is 72.8 Å². The molecule has 0 aliphatic heterocycles. The predicted molar refractivity (Wildman–Crippen MR) is 98.9 cm³/mol. The number of nitrogens with one attached hydrogen (secondary N) is 1. The van der Waals surface area contributed by atoms with Crippen LogP contribution in [0.4, 0.5) is 0 Å². The van der Waals surface area contributed by atoms with Gasteiger partial charge in [-0.15, -0.1) is 0 Å². The van der Waals surface area contributed by atoms with Gasteiger partial charge < -0.3 is 14.5 Å². The van der Waals surface area contributed by atoms with E-state index in [0.29, 0.717) is 18.1 Å². The highest BCUT2D eigenvalue weighted by molar-refractivity contribution is 5.79. The zero-order valence-corrected chi connectivity index (χ0v) is 13.9. The van der Waals surface area contributed by atoms with Crippen molar-refractivity contribution in [3.8, 4) is 22.9 Å². The predicted octanol–water partition coefficient (Wildman–Crippen LogP) is 4.82. The summed E-state index contributed by atoms with van der Waals surface area (Å²) in [5.74, 6) is 2.22. The van der Waals surface area contributed by atoms with Gasteiger partial charge in [0, 0.05) is 5.56 Å². The Bertz CT molecular complexity index is 960. The first-order chi connectivity index (χ1) is 12.3. The van der Waals surface area contributed by atoms with Crippen molar-refractivity contribution in [1.82, 2.24) is 9.97 Å². The average molecular weight is 330 g/mol. The van der Waals surface area contributed by atoms with Crippen molar-refractivity contribution >= 4 is 11.0 Å². The number of methoxy groups -OCH3 is 1. The quantitative estimate of drug-likeness (QED) is 0.571. The van der Waals surface area contributed by atoms with E-state index in [1.807, 2.05) is 72.8 Å². The van der Waals surface area contributed by atoms with Crippen LogP contribution in [0.3, 0.4) is 0 Å². The summed E-state index contributed by atoms with van der Waals surface area (Å²) in [6, 6.07) is 23.9. The van der Waals surface area contributed by atoms with E-state index in [-0.39, 0.29) is 0 Å². The van der Waals surface area contributed by atoms with Crippen molar-refractivity contribution in [3.05, 3.63) is 78.4 Å². The Morgan fingerprint density at radius 1 is 0.880 bits per heavy atom. The number of hydrogen-bond donors (Lipinski definition) is 1. The summed E-state index contributed by atoms with van der Waals surface area (Å²) in [6.07, 6.45) is 0. The van der Waals surface area contributed by atoms with Gasteiger partial charge in [0.05, 0.1) is 18.1 Å². The van der Waals surface area contributed by atoms with Gasteiger partial charge >= 0.3 is 0 Å². The molecule has 124 valence electrons. The standard InChI is InChI=1S/C21H18N2O2/c1-24-19-12-11-16(21-22-17-9-5-6-10-18(17)23-21)13-20(19)25-14-15-7-3-2-4-8-15/h2-13H,14H2,1H3,(H,22,23). The molecule has 25 heavy (non-hydrogen) atoms. The molecule has 0 fully saturated rings. The fourth-order valence-corrected chi connectivity index (χ4v) is 2.76. The highest BCUT2D eigenvalue weighted by Gasteiger charge is 2.10. The average Bonchev–Trinajstić information content (AvgIpc) is 3.11. The van der Waals surface area contributed by atoms with Gasteiger partial charge in [0.15, 0.2) is 11.5 Å². The van der Waals surface area contributed by atoms with Crippen molar-refractivity contribution in [3.63, 3.8) is 0 Å². The summed E-state index contributed by atoms with van der Waals surface area (Å²) >= 11 is 0. The molecule has 0 bridgehead atoms. The first-order valence-corrected chi connectivity index (χ1v) is 8.13. The van der Waals surface area contributed by atoms with Crippen molar-refractivity contribution < 1.29 is 9.47 Å².